The van der Waals surface area contributed by atoms with Crippen molar-refractivity contribution in [2.75, 3.05) is 19.0 Å². The summed E-state index contributed by atoms with van der Waals surface area (Å²) in [5.74, 6) is 2.17. The Kier molecular flexibility index (Phi) is 5.64. The van der Waals surface area contributed by atoms with Gasteiger partial charge in [0.05, 0.1) is 21.9 Å². The molecule has 1 heterocycles. The highest BCUT2D eigenvalue weighted by molar-refractivity contribution is 14.1. The van der Waals surface area contributed by atoms with Crippen LogP contribution in [0.15, 0.2) is 18.2 Å². The molecule has 0 aliphatic rings. The molecular formula is C15H17ClIN3O. The number of hydrogen-bond donors (Lipinski definition) is 1. The molecule has 21 heavy (non-hydrogen) atoms. The van der Waals surface area contributed by atoms with Crippen molar-refractivity contribution in [3.63, 3.8) is 0 Å². The zero-order valence-corrected chi connectivity index (χ0v) is 15.1. The number of anilines is 1. The second-order valence-electron chi connectivity index (χ2n) is 4.57. The van der Waals surface area contributed by atoms with Crippen molar-refractivity contribution in [2.45, 2.75) is 20.3 Å². The maximum absolute atomic E-state index is 6.00. The van der Waals surface area contributed by atoms with Gasteiger partial charge in [-0.2, -0.15) is 0 Å². The van der Waals surface area contributed by atoms with Crippen LogP contribution in [0, 0.1) is 10.5 Å². The van der Waals surface area contributed by atoms with E-state index in [1.165, 1.54) is 0 Å². The van der Waals surface area contributed by atoms with Gasteiger partial charge < -0.3 is 10.1 Å². The fourth-order valence-electron chi connectivity index (χ4n) is 1.89. The summed E-state index contributed by atoms with van der Waals surface area (Å²) in [5.41, 5.74) is 1.78. The first kappa shape index (κ1) is 16.3. The van der Waals surface area contributed by atoms with Crippen molar-refractivity contribution in [1.82, 2.24) is 9.97 Å². The van der Waals surface area contributed by atoms with Gasteiger partial charge in [0.2, 0.25) is 0 Å². The van der Waals surface area contributed by atoms with Crippen molar-refractivity contribution < 1.29 is 4.74 Å². The molecular weight excluding hydrogens is 401 g/mol. The van der Waals surface area contributed by atoms with Gasteiger partial charge in [-0.15, -0.1) is 0 Å². The lowest BCUT2D eigenvalue weighted by atomic mass is 10.2. The first-order valence-corrected chi connectivity index (χ1v) is 8.14. The standard InChI is InChI=1S/C15H17ClIN3O/c1-4-7-18-15-13(17)9(2)19-14(20-15)11-6-5-10(16)8-12(11)21-3/h5-6,8H,4,7H2,1-3H3,(H,18,19,20). The number of aromatic nitrogens is 2. The van der Waals surface area contributed by atoms with Gasteiger partial charge in [0, 0.05) is 11.6 Å². The Bertz CT molecular complexity index is 649. The summed E-state index contributed by atoms with van der Waals surface area (Å²) in [6, 6.07) is 5.47. The van der Waals surface area contributed by atoms with E-state index in [1.807, 2.05) is 19.1 Å². The van der Waals surface area contributed by atoms with E-state index in [2.05, 4.69) is 44.8 Å². The summed E-state index contributed by atoms with van der Waals surface area (Å²) in [7, 11) is 1.62. The van der Waals surface area contributed by atoms with Gasteiger partial charge in [-0.05, 0) is 54.1 Å². The number of rotatable bonds is 5. The molecule has 1 aromatic heterocycles. The van der Waals surface area contributed by atoms with Crippen LogP contribution in [0.25, 0.3) is 11.4 Å². The number of halogens is 2. The Balaban J connectivity index is 2.51. The molecule has 0 saturated carbocycles. The van der Waals surface area contributed by atoms with Crippen LogP contribution >= 0.6 is 34.2 Å². The Labute approximate surface area is 143 Å². The SMILES string of the molecule is CCCNc1nc(-c2ccc(Cl)cc2OC)nc(C)c1I. The Morgan fingerprint density at radius 2 is 2.10 bits per heavy atom. The lowest BCUT2D eigenvalue weighted by Crippen LogP contribution is -2.08. The average Bonchev–Trinajstić information content (AvgIpc) is 2.48. The molecule has 0 saturated heterocycles. The lowest BCUT2D eigenvalue weighted by molar-refractivity contribution is 0.416. The first-order valence-electron chi connectivity index (χ1n) is 6.68. The normalized spacial score (nSPS) is 10.5. The van der Waals surface area contributed by atoms with Crippen LogP contribution in [-0.4, -0.2) is 23.6 Å². The highest BCUT2D eigenvalue weighted by Gasteiger charge is 2.14. The number of nitrogens with zero attached hydrogens (tertiary/aromatic N) is 2. The minimum atomic E-state index is 0.627. The third-order valence-electron chi connectivity index (χ3n) is 2.96. The molecule has 0 fully saturated rings. The van der Waals surface area contributed by atoms with Gasteiger partial charge in [-0.25, -0.2) is 9.97 Å². The monoisotopic (exact) mass is 417 g/mol. The van der Waals surface area contributed by atoms with Crippen LogP contribution < -0.4 is 10.1 Å². The number of methoxy groups -OCH3 is 1. The minimum Gasteiger partial charge on any atom is -0.496 e. The summed E-state index contributed by atoms with van der Waals surface area (Å²) < 4.78 is 6.42. The fraction of sp³-hybridized carbons (Fsp3) is 0.333. The molecule has 4 nitrogen and oxygen atoms in total. The predicted octanol–water partition coefficient (Wildman–Crippen LogP) is 4.54. The quantitative estimate of drug-likeness (QED) is 0.726. The smallest absolute Gasteiger partial charge is 0.165 e. The van der Waals surface area contributed by atoms with Crippen molar-refractivity contribution in [2.24, 2.45) is 0 Å². The third-order valence-corrected chi connectivity index (χ3v) is 4.49. The molecule has 0 spiro atoms. The van der Waals surface area contributed by atoms with Gasteiger partial charge in [0.15, 0.2) is 5.82 Å². The lowest BCUT2D eigenvalue weighted by Gasteiger charge is -2.13. The summed E-state index contributed by atoms with van der Waals surface area (Å²) >= 11 is 8.27. The van der Waals surface area contributed by atoms with E-state index in [0.717, 1.165) is 33.6 Å². The van der Waals surface area contributed by atoms with Gasteiger partial charge in [-0.1, -0.05) is 18.5 Å². The molecule has 0 bridgehead atoms. The highest BCUT2D eigenvalue weighted by atomic mass is 127. The molecule has 0 aliphatic heterocycles. The maximum Gasteiger partial charge on any atom is 0.165 e. The Morgan fingerprint density at radius 3 is 2.76 bits per heavy atom. The van der Waals surface area contributed by atoms with Crippen LogP contribution in [0.1, 0.15) is 19.0 Å². The topological polar surface area (TPSA) is 47.0 Å². The molecule has 0 atom stereocenters. The summed E-state index contributed by atoms with van der Waals surface area (Å²) in [6.07, 6.45) is 1.04. The largest absolute Gasteiger partial charge is 0.496 e. The molecule has 2 rings (SSSR count). The summed E-state index contributed by atoms with van der Waals surface area (Å²) in [4.78, 5) is 9.19. The Morgan fingerprint density at radius 1 is 1.33 bits per heavy atom. The summed E-state index contributed by atoms with van der Waals surface area (Å²) in [5, 5.41) is 3.96. The number of hydrogen-bond acceptors (Lipinski definition) is 4. The second-order valence-corrected chi connectivity index (χ2v) is 6.08. The molecule has 0 aliphatic carbocycles. The van der Waals surface area contributed by atoms with Crippen LogP contribution in [0.3, 0.4) is 0 Å². The van der Waals surface area contributed by atoms with Gasteiger partial charge in [0.25, 0.3) is 0 Å². The molecule has 1 aromatic carbocycles. The molecule has 6 heteroatoms. The van der Waals surface area contributed by atoms with E-state index in [1.54, 1.807) is 13.2 Å². The van der Waals surface area contributed by atoms with E-state index in [-0.39, 0.29) is 0 Å². The van der Waals surface area contributed by atoms with E-state index < -0.39 is 0 Å². The number of ether oxygens (including phenoxy) is 1. The van der Waals surface area contributed by atoms with Crippen molar-refractivity contribution in [1.29, 1.82) is 0 Å². The van der Waals surface area contributed by atoms with Gasteiger partial charge in [0.1, 0.15) is 11.6 Å². The zero-order chi connectivity index (χ0) is 15.4. The fourth-order valence-corrected chi connectivity index (χ4v) is 2.48. The molecule has 0 radical (unpaired) electrons. The van der Waals surface area contributed by atoms with Crippen molar-refractivity contribution in [3.05, 3.63) is 32.5 Å². The second kappa shape index (κ2) is 7.26. The molecule has 2 aromatic rings. The number of nitrogens with one attached hydrogen (secondary N) is 1. The van der Waals surface area contributed by atoms with Gasteiger partial charge >= 0.3 is 0 Å². The van der Waals surface area contributed by atoms with Crippen LogP contribution in [0.5, 0.6) is 5.75 Å². The van der Waals surface area contributed by atoms with E-state index in [0.29, 0.717) is 16.6 Å². The van der Waals surface area contributed by atoms with Crippen LogP contribution in [0.2, 0.25) is 5.02 Å². The zero-order valence-electron chi connectivity index (χ0n) is 12.2. The number of aryl methyl sites for hydroxylation is 1. The van der Waals surface area contributed by atoms with Crippen molar-refractivity contribution >= 4 is 40.0 Å². The van der Waals surface area contributed by atoms with E-state index in [4.69, 9.17) is 16.3 Å². The Hall–Kier alpha value is -1.08. The predicted molar refractivity (Wildman–Crippen MR) is 95.3 cm³/mol. The highest BCUT2D eigenvalue weighted by Crippen LogP contribution is 2.32. The summed E-state index contributed by atoms with van der Waals surface area (Å²) in [6.45, 7) is 4.98. The van der Waals surface area contributed by atoms with Crippen LogP contribution in [-0.2, 0) is 0 Å². The first-order chi connectivity index (χ1) is 10.1. The molecule has 112 valence electrons. The van der Waals surface area contributed by atoms with Crippen LogP contribution in [0.4, 0.5) is 5.82 Å². The van der Waals surface area contributed by atoms with E-state index >= 15 is 0 Å². The minimum absolute atomic E-state index is 0.627. The molecule has 0 unspecified atom stereocenters. The van der Waals surface area contributed by atoms with Gasteiger partial charge in [-0.3, -0.25) is 0 Å². The van der Waals surface area contributed by atoms with Crippen molar-refractivity contribution in [3.8, 4) is 17.1 Å². The maximum atomic E-state index is 6.00. The number of benzene rings is 1. The molecule has 1 N–H and O–H groups in total. The van der Waals surface area contributed by atoms with E-state index in [9.17, 15) is 0 Å². The molecule has 0 amide bonds. The third kappa shape index (κ3) is 3.77. The average molecular weight is 418 g/mol.